The molecule has 0 aliphatic carbocycles. The van der Waals surface area contributed by atoms with Crippen LogP contribution in [0.4, 0.5) is 0 Å². The van der Waals surface area contributed by atoms with Gasteiger partial charge in [-0.25, -0.2) is 4.98 Å². The van der Waals surface area contributed by atoms with Crippen LogP contribution in [0.1, 0.15) is 33.2 Å². The molecule has 5 aromatic heterocycles. The van der Waals surface area contributed by atoms with Gasteiger partial charge in [0.05, 0.1) is 40.5 Å². The van der Waals surface area contributed by atoms with E-state index in [4.69, 9.17) is 4.98 Å². The number of nitrogens with zero attached hydrogens (tertiary/aromatic N) is 5. The van der Waals surface area contributed by atoms with E-state index in [2.05, 4.69) is 37.6 Å². The average Bonchev–Trinajstić information content (AvgIpc) is 3.92. The second kappa shape index (κ2) is 16.8. The van der Waals surface area contributed by atoms with E-state index < -0.39 is 25.5 Å². The lowest BCUT2D eigenvalue weighted by molar-refractivity contribution is 0.931. The Morgan fingerprint density at radius 1 is 0.397 bits per heavy atom. The number of aromatic nitrogens is 5. The van der Waals surface area contributed by atoms with Gasteiger partial charge in [0.25, 0.3) is 0 Å². The largest absolute Gasteiger partial charge is 0.298 e. The van der Waals surface area contributed by atoms with Crippen molar-refractivity contribution in [1.82, 2.24) is 24.3 Å². The first-order valence-corrected chi connectivity index (χ1v) is 20.8. The van der Waals surface area contributed by atoms with Gasteiger partial charge in [-0.1, -0.05) is 146 Å². The number of aryl methyl sites for hydroxylation is 4. The summed E-state index contributed by atoms with van der Waals surface area (Å²) >= 11 is 0. The van der Waals surface area contributed by atoms with Gasteiger partial charge in [-0.05, 0) is 118 Å². The highest BCUT2D eigenvalue weighted by Gasteiger charge is 2.17. The number of hydrogen-bond donors (Lipinski definition) is 0. The summed E-state index contributed by atoms with van der Waals surface area (Å²) in [5.74, 6) is 0. The fourth-order valence-electron chi connectivity index (χ4n) is 8.27. The van der Waals surface area contributed by atoms with Crippen LogP contribution in [0.25, 0.3) is 83.2 Å². The Balaban J connectivity index is 1.06. The molecule has 5 heteroatoms. The van der Waals surface area contributed by atoms with E-state index in [1.807, 2.05) is 97.3 Å². The molecule has 0 spiro atoms. The molecule has 0 saturated carbocycles. The Morgan fingerprint density at radius 2 is 0.968 bits per heavy atom. The molecule has 0 unspecified atom stereocenters. The van der Waals surface area contributed by atoms with E-state index in [9.17, 15) is 11.0 Å². The number of benzene rings is 6. The third kappa shape index (κ3) is 7.66. The van der Waals surface area contributed by atoms with E-state index in [0.29, 0.717) is 22.5 Å². The van der Waals surface area contributed by atoms with Crippen molar-refractivity contribution in [1.29, 1.82) is 0 Å². The van der Waals surface area contributed by atoms with Crippen LogP contribution in [0.2, 0.25) is 0 Å². The molecule has 5 heterocycles. The number of fused-ring (bicyclic) bond motifs is 6. The van der Waals surface area contributed by atoms with Gasteiger partial charge in [-0.3, -0.25) is 19.4 Å². The van der Waals surface area contributed by atoms with Crippen molar-refractivity contribution in [3.05, 3.63) is 235 Å². The lowest BCUT2D eigenvalue weighted by Gasteiger charge is -2.16. The Kier molecular flexibility index (Phi) is 8.02. The molecule has 300 valence electrons. The van der Waals surface area contributed by atoms with Crippen molar-refractivity contribution in [2.75, 3.05) is 0 Å². The number of rotatable bonds is 11. The highest BCUT2D eigenvalue weighted by atomic mass is 15.0. The van der Waals surface area contributed by atoms with E-state index in [-0.39, 0.29) is 22.3 Å². The van der Waals surface area contributed by atoms with Crippen LogP contribution in [0.5, 0.6) is 0 Å². The fraction of sp³-hybridized carbons (Fsp3) is 0.0690. The molecule has 0 fully saturated rings. The van der Waals surface area contributed by atoms with E-state index in [1.165, 1.54) is 6.07 Å². The van der Waals surface area contributed by atoms with Crippen LogP contribution in [0.15, 0.2) is 213 Å². The molecule has 0 N–H and O–H groups in total. The second-order valence-corrected chi connectivity index (χ2v) is 15.3. The highest BCUT2D eigenvalue weighted by molar-refractivity contribution is 6.16. The first-order valence-electron chi connectivity index (χ1n) is 24.8. The Labute approximate surface area is 378 Å². The molecule has 0 atom stereocenters. The summed E-state index contributed by atoms with van der Waals surface area (Å²) in [4.78, 5) is 18.3. The quantitative estimate of drug-likeness (QED) is 0.122. The summed E-state index contributed by atoms with van der Waals surface area (Å²) in [6.45, 7) is 0. The zero-order valence-electron chi connectivity index (χ0n) is 41.9. The number of imidazole rings is 1. The molecular weight excluding hydrogens is 767 g/mol. The monoisotopic (exact) mass is 817 g/mol. The number of pyridine rings is 4. The maximum Gasteiger partial charge on any atom is 0.0997 e. The van der Waals surface area contributed by atoms with Crippen molar-refractivity contribution in [3.8, 4) is 55.9 Å². The second-order valence-electron chi connectivity index (χ2n) is 15.3. The maximum atomic E-state index is 9.66. The molecule has 0 bridgehead atoms. The Bertz CT molecular complexity index is 3630. The molecule has 6 aromatic carbocycles. The third-order valence-electron chi connectivity index (χ3n) is 11.3. The summed E-state index contributed by atoms with van der Waals surface area (Å²) in [5.41, 5.74) is 9.82. The first-order chi connectivity index (χ1) is 34.2. The van der Waals surface area contributed by atoms with Crippen LogP contribution in [-0.4, -0.2) is 24.3 Å². The predicted molar refractivity (Wildman–Crippen MR) is 258 cm³/mol. The molecule has 63 heavy (non-hydrogen) atoms. The average molecular weight is 818 g/mol. The summed E-state index contributed by atoms with van der Waals surface area (Å²) in [5, 5.41) is 1.87. The van der Waals surface area contributed by atoms with Crippen molar-refractivity contribution in [3.63, 3.8) is 0 Å². The first kappa shape index (κ1) is 30.1. The summed E-state index contributed by atoms with van der Waals surface area (Å²) in [6.07, 6.45) is -2.05. The molecule has 0 saturated heterocycles. The standard InChI is InChI=1S/C58H43N5/c1-2-10-44(11-3-1)51-30-33-62-58-52-29-28-47(37-55(52)63-39-59-38-56(63)57(51)58)49-12-4-5-13-50(49)48-35-42(18-16-40-20-24-45(25-21-40)53-14-6-8-31-60-53)34-43(36-48)19-17-41-22-26-46(27-23-41)54-15-7-9-32-61-54/h1-15,20-39H,16-19H2/i16D2,17D2,18D2,19D2. The summed E-state index contributed by atoms with van der Waals surface area (Å²) in [6, 6.07) is 54.3. The molecule has 0 radical (unpaired) electrons. The van der Waals surface area contributed by atoms with Gasteiger partial charge in [0.2, 0.25) is 0 Å². The van der Waals surface area contributed by atoms with Crippen molar-refractivity contribution >= 4 is 27.3 Å². The zero-order chi connectivity index (χ0) is 49.1. The SMILES string of the molecule is [2H]C([2H])(c1ccc(-c2ccccn2)cc1)C([2H])([2H])c1cc(-c2ccccc2-c2ccc3c4nccc(-c5ccccc5)c4c4cncn4c3c2)cc(C([2H])([2H])C([2H])([2H])c2ccc(-c3ccccn3)cc2)c1. The summed E-state index contributed by atoms with van der Waals surface area (Å²) in [7, 11) is 0. The highest BCUT2D eigenvalue weighted by Crippen LogP contribution is 2.39. The Morgan fingerprint density at radius 3 is 1.59 bits per heavy atom. The molecule has 0 aliphatic heterocycles. The van der Waals surface area contributed by atoms with Crippen LogP contribution >= 0.6 is 0 Å². The van der Waals surface area contributed by atoms with Gasteiger partial charge >= 0.3 is 0 Å². The van der Waals surface area contributed by atoms with Gasteiger partial charge in [-0.2, -0.15) is 0 Å². The van der Waals surface area contributed by atoms with Crippen LogP contribution in [-0.2, 0) is 25.5 Å². The van der Waals surface area contributed by atoms with E-state index in [0.717, 1.165) is 60.7 Å². The lowest BCUT2D eigenvalue weighted by Crippen LogP contribution is -1.98. The normalized spacial score (nSPS) is 14.2. The minimum Gasteiger partial charge on any atom is -0.298 e. The third-order valence-corrected chi connectivity index (χ3v) is 11.3. The van der Waals surface area contributed by atoms with E-state index in [1.54, 1.807) is 91.5 Å². The number of hydrogen-bond acceptors (Lipinski definition) is 4. The van der Waals surface area contributed by atoms with Crippen molar-refractivity contribution in [2.24, 2.45) is 0 Å². The molecule has 11 rings (SSSR count). The fourth-order valence-corrected chi connectivity index (χ4v) is 8.27. The molecular formula is C58H43N5. The smallest absolute Gasteiger partial charge is 0.0997 e. The van der Waals surface area contributed by atoms with E-state index >= 15 is 0 Å². The van der Waals surface area contributed by atoms with Gasteiger partial charge < -0.3 is 0 Å². The van der Waals surface area contributed by atoms with Crippen molar-refractivity contribution in [2.45, 2.75) is 25.5 Å². The molecule has 0 amide bonds. The van der Waals surface area contributed by atoms with Gasteiger partial charge in [-0.15, -0.1) is 0 Å². The van der Waals surface area contributed by atoms with Gasteiger partial charge in [0.1, 0.15) is 0 Å². The molecule has 0 aliphatic rings. The van der Waals surface area contributed by atoms with Gasteiger partial charge in [0.15, 0.2) is 0 Å². The maximum absolute atomic E-state index is 9.66. The predicted octanol–water partition coefficient (Wildman–Crippen LogP) is 13.7. The summed E-state index contributed by atoms with van der Waals surface area (Å²) < 4.78 is 78.5. The lowest BCUT2D eigenvalue weighted by atomic mass is 9.89. The molecule has 11 aromatic rings. The van der Waals surface area contributed by atoms with Gasteiger partial charge in [0, 0.05) is 51.5 Å². The van der Waals surface area contributed by atoms with Crippen LogP contribution < -0.4 is 0 Å². The topological polar surface area (TPSA) is 56.0 Å². The minimum absolute atomic E-state index is 0.0701. The van der Waals surface area contributed by atoms with Crippen molar-refractivity contribution < 1.29 is 11.0 Å². The van der Waals surface area contributed by atoms with Crippen LogP contribution in [0.3, 0.4) is 0 Å². The minimum atomic E-state index is -2.77. The zero-order valence-corrected chi connectivity index (χ0v) is 33.9. The molecule has 5 nitrogen and oxygen atoms in total. The van der Waals surface area contributed by atoms with Crippen LogP contribution in [0, 0.1) is 0 Å². The Hall–Kier alpha value is -8.02.